The molecule has 2 rings (SSSR count). The van der Waals surface area contributed by atoms with E-state index in [4.69, 9.17) is 4.74 Å². The van der Waals surface area contributed by atoms with Gasteiger partial charge in [0, 0.05) is 13.2 Å². The van der Waals surface area contributed by atoms with Crippen molar-refractivity contribution in [3.8, 4) is 0 Å². The van der Waals surface area contributed by atoms with Crippen LogP contribution >= 0.6 is 0 Å². The van der Waals surface area contributed by atoms with Crippen LogP contribution < -0.4 is 0 Å². The quantitative estimate of drug-likeness (QED) is 0.807. The molecule has 2 aliphatic rings. The summed E-state index contributed by atoms with van der Waals surface area (Å²) in [5.74, 6) is -0.705. The Hall–Kier alpha value is -1.10. The van der Waals surface area contributed by atoms with Crippen LogP contribution in [0.1, 0.15) is 39.5 Å². The molecule has 0 bridgehead atoms. The van der Waals surface area contributed by atoms with Gasteiger partial charge < -0.3 is 14.7 Å². The summed E-state index contributed by atoms with van der Waals surface area (Å²) in [7, 11) is 0. The Morgan fingerprint density at radius 2 is 2.17 bits per heavy atom. The fourth-order valence-electron chi connectivity index (χ4n) is 2.87. The first kappa shape index (κ1) is 13.3. The van der Waals surface area contributed by atoms with Crippen LogP contribution in [0, 0.1) is 5.92 Å². The van der Waals surface area contributed by atoms with Crippen molar-refractivity contribution in [2.75, 3.05) is 13.2 Å². The largest absolute Gasteiger partial charge is 0.480 e. The Morgan fingerprint density at radius 1 is 1.44 bits per heavy atom. The number of amides is 1. The zero-order valence-electron chi connectivity index (χ0n) is 11.0. The smallest absolute Gasteiger partial charge is 0.326 e. The molecular weight excluding hydrogens is 234 g/mol. The number of likely N-dealkylation sites (tertiary alicyclic amines) is 1. The summed E-state index contributed by atoms with van der Waals surface area (Å²) in [4.78, 5) is 25.3. The van der Waals surface area contributed by atoms with Gasteiger partial charge in [0.05, 0.1) is 0 Å². The predicted octanol–water partition coefficient (Wildman–Crippen LogP) is 1.27. The zero-order chi connectivity index (χ0) is 13.3. The van der Waals surface area contributed by atoms with Gasteiger partial charge in [0.2, 0.25) is 0 Å². The van der Waals surface area contributed by atoms with E-state index in [2.05, 4.69) is 0 Å². The lowest BCUT2D eigenvalue weighted by Gasteiger charge is -2.39. The number of nitrogens with zero attached hydrogens (tertiary/aromatic N) is 1. The summed E-state index contributed by atoms with van der Waals surface area (Å²) in [6.07, 6.45) is 2.96. The third-order valence-corrected chi connectivity index (χ3v) is 4.08. The van der Waals surface area contributed by atoms with Crippen LogP contribution in [-0.4, -0.2) is 46.7 Å². The van der Waals surface area contributed by atoms with Crippen molar-refractivity contribution in [3.05, 3.63) is 0 Å². The van der Waals surface area contributed by atoms with Gasteiger partial charge in [-0.15, -0.1) is 0 Å². The van der Waals surface area contributed by atoms with Gasteiger partial charge in [-0.1, -0.05) is 6.92 Å². The highest BCUT2D eigenvalue weighted by atomic mass is 16.5. The number of carbonyl (C=O) groups excluding carboxylic acids is 1. The van der Waals surface area contributed by atoms with Gasteiger partial charge >= 0.3 is 5.97 Å². The molecule has 5 heteroatoms. The van der Waals surface area contributed by atoms with Gasteiger partial charge in [0.25, 0.3) is 5.91 Å². The number of hydrogen-bond acceptors (Lipinski definition) is 3. The molecule has 0 aliphatic carbocycles. The minimum absolute atomic E-state index is 0.153. The molecule has 2 heterocycles. The Kier molecular flexibility index (Phi) is 3.61. The number of piperidine rings is 1. The van der Waals surface area contributed by atoms with E-state index in [0.717, 1.165) is 12.8 Å². The minimum Gasteiger partial charge on any atom is -0.480 e. The standard InChI is InChI=1S/C13H21NO4/c1-9-4-6-14(10(8-9)11(15)16)12(17)13(2)5-3-7-18-13/h9-10H,3-8H2,1-2H3,(H,15,16). The Labute approximate surface area is 107 Å². The average molecular weight is 255 g/mol. The SMILES string of the molecule is CC1CCN(C(=O)C2(C)CCCO2)C(C(=O)O)C1. The minimum atomic E-state index is -0.906. The molecule has 5 nitrogen and oxygen atoms in total. The second-order valence-corrected chi connectivity index (χ2v) is 5.67. The lowest BCUT2D eigenvalue weighted by Crippen LogP contribution is -2.56. The summed E-state index contributed by atoms with van der Waals surface area (Å²) in [5, 5.41) is 9.27. The summed E-state index contributed by atoms with van der Waals surface area (Å²) < 4.78 is 5.53. The average Bonchev–Trinajstić information content (AvgIpc) is 2.76. The molecule has 0 aromatic heterocycles. The Morgan fingerprint density at radius 3 is 2.72 bits per heavy atom. The van der Waals surface area contributed by atoms with E-state index in [1.165, 1.54) is 4.90 Å². The first-order chi connectivity index (χ1) is 8.44. The number of hydrogen-bond donors (Lipinski definition) is 1. The number of aliphatic carboxylic acids is 1. The number of carboxylic acid groups (broad SMARTS) is 1. The van der Waals surface area contributed by atoms with Crippen molar-refractivity contribution in [2.45, 2.75) is 51.2 Å². The topological polar surface area (TPSA) is 66.8 Å². The number of ether oxygens (including phenoxy) is 1. The summed E-state index contributed by atoms with van der Waals surface area (Å²) in [6.45, 7) is 4.92. The van der Waals surface area contributed by atoms with Gasteiger partial charge in [0.1, 0.15) is 11.6 Å². The zero-order valence-corrected chi connectivity index (χ0v) is 11.0. The van der Waals surface area contributed by atoms with Crippen molar-refractivity contribution >= 4 is 11.9 Å². The van der Waals surface area contributed by atoms with Gasteiger partial charge in [-0.3, -0.25) is 4.79 Å². The maximum absolute atomic E-state index is 12.5. The van der Waals surface area contributed by atoms with Crippen LogP contribution in [0.4, 0.5) is 0 Å². The van der Waals surface area contributed by atoms with Crippen LogP contribution in [0.3, 0.4) is 0 Å². The number of rotatable bonds is 2. The van der Waals surface area contributed by atoms with E-state index in [9.17, 15) is 14.7 Å². The molecule has 0 aromatic rings. The number of carbonyl (C=O) groups is 2. The molecule has 1 amide bonds. The third-order valence-electron chi connectivity index (χ3n) is 4.08. The summed E-state index contributed by atoms with van der Waals surface area (Å²) in [6, 6.07) is -0.692. The highest BCUT2D eigenvalue weighted by molar-refractivity contribution is 5.89. The van der Waals surface area contributed by atoms with Crippen molar-refractivity contribution in [2.24, 2.45) is 5.92 Å². The van der Waals surface area contributed by atoms with Crippen LogP contribution in [0.5, 0.6) is 0 Å². The molecule has 0 spiro atoms. The van der Waals surface area contributed by atoms with E-state index >= 15 is 0 Å². The molecule has 1 N–H and O–H groups in total. The molecule has 0 saturated carbocycles. The Bertz CT molecular complexity index is 349. The third kappa shape index (κ3) is 2.36. The molecule has 3 unspecified atom stereocenters. The van der Waals surface area contributed by atoms with Crippen molar-refractivity contribution < 1.29 is 19.4 Å². The molecule has 2 fully saturated rings. The molecular formula is C13H21NO4. The van der Waals surface area contributed by atoms with Crippen LogP contribution in [0.25, 0.3) is 0 Å². The second kappa shape index (κ2) is 4.88. The van der Waals surface area contributed by atoms with Crippen molar-refractivity contribution in [3.63, 3.8) is 0 Å². The van der Waals surface area contributed by atoms with Crippen molar-refractivity contribution in [1.29, 1.82) is 0 Å². The highest BCUT2D eigenvalue weighted by Gasteiger charge is 2.45. The van der Waals surface area contributed by atoms with E-state index in [-0.39, 0.29) is 5.91 Å². The molecule has 18 heavy (non-hydrogen) atoms. The molecule has 0 aromatic carbocycles. The predicted molar refractivity (Wildman–Crippen MR) is 65.1 cm³/mol. The van der Waals surface area contributed by atoms with Crippen LogP contribution in [0.2, 0.25) is 0 Å². The van der Waals surface area contributed by atoms with Crippen LogP contribution in [-0.2, 0) is 14.3 Å². The molecule has 3 atom stereocenters. The fraction of sp³-hybridized carbons (Fsp3) is 0.846. The summed E-state index contributed by atoms with van der Waals surface area (Å²) >= 11 is 0. The van der Waals surface area contributed by atoms with Gasteiger partial charge in [-0.25, -0.2) is 4.79 Å². The van der Waals surface area contributed by atoms with Crippen LogP contribution in [0.15, 0.2) is 0 Å². The maximum Gasteiger partial charge on any atom is 0.326 e. The van der Waals surface area contributed by atoms with Gasteiger partial charge in [0.15, 0.2) is 0 Å². The van der Waals surface area contributed by atoms with E-state index in [1.807, 2.05) is 6.92 Å². The maximum atomic E-state index is 12.5. The Balaban J connectivity index is 2.14. The first-order valence-electron chi connectivity index (χ1n) is 6.62. The van der Waals surface area contributed by atoms with E-state index in [0.29, 0.717) is 31.9 Å². The molecule has 2 aliphatic heterocycles. The fourth-order valence-corrected chi connectivity index (χ4v) is 2.87. The monoisotopic (exact) mass is 255 g/mol. The molecule has 0 radical (unpaired) electrons. The molecule has 102 valence electrons. The van der Waals surface area contributed by atoms with E-state index in [1.54, 1.807) is 6.92 Å². The van der Waals surface area contributed by atoms with Gasteiger partial charge in [-0.05, 0) is 38.5 Å². The molecule has 2 saturated heterocycles. The highest BCUT2D eigenvalue weighted by Crippen LogP contribution is 2.31. The first-order valence-corrected chi connectivity index (χ1v) is 6.62. The second-order valence-electron chi connectivity index (χ2n) is 5.67. The summed E-state index contributed by atoms with van der Waals surface area (Å²) in [5.41, 5.74) is -0.811. The number of carboxylic acids is 1. The normalized spacial score (nSPS) is 36.7. The van der Waals surface area contributed by atoms with Gasteiger partial charge in [-0.2, -0.15) is 0 Å². The lowest BCUT2D eigenvalue weighted by atomic mass is 9.90. The van der Waals surface area contributed by atoms with E-state index < -0.39 is 17.6 Å². The lowest BCUT2D eigenvalue weighted by molar-refractivity contribution is -0.163. The van der Waals surface area contributed by atoms with Crippen molar-refractivity contribution in [1.82, 2.24) is 4.90 Å².